The molecule has 1 aromatic rings. The maximum Gasteiger partial charge on any atom is 0.257 e. The maximum atomic E-state index is 12.3. The summed E-state index contributed by atoms with van der Waals surface area (Å²) in [4.78, 5) is 14.0. The Kier molecular flexibility index (Phi) is 5.16. The normalized spacial score (nSPS) is 12.2. The van der Waals surface area contributed by atoms with Crippen molar-refractivity contribution >= 4 is 5.91 Å². The van der Waals surface area contributed by atoms with Gasteiger partial charge in [-0.25, -0.2) is 0 Å². The quantitative estimate of drug-likeness (QED) is 0.836. The molecule has 1 aromatic carbocycles. The molecule has 0 saturated carbocycles. The molecule has 0 radical (unpaired) electrons. The Balaban J connectivity index is 2.93. The number of nitrogens with zero attached hydrogens (tertiary/aromatic N) is 1. The van der Waals surface area contributed by atoms with Gasteiger partial charge in [-0.05, 0) is 37.9 Å². The van der Waals surface area contributed by atoms with E-state index in [0.717, 1.165) is 0 Å². The van der Waals surface area contributed by atoms with Crippen LogP contribution in [-0.2, 0) is 0 Å². The summed E-state index contributed by atoms with van der Waals surface area (Å²) < 4.78 is 0. The van der Waals surface area contributed by atoms with E-state index < -0.39 is 0 Å². The van der Waals surface area contributed by atoms with Crippen molar-refractivity contribution in [1.82, 2.24) is 4.90 Å². The van der Waals surface area contributed by atoms with Crippen molar-refractivity contribution in [3.8, 4) is 5.75 Å². The molecule has 1 atom stereocenters. The Bertz CT molecular complexity index is 418. The van der Waals surface area contributed by atoms with Gasteiger partial charge in [-0.15, -0.1) is 0 Å². The molecule has 0 aliphatic heterocycles. The molecule has 4 heteroatoms. The van der Waals surface area contributed by atoms with Gasteiger partial charge in [0.25, 0.3) is 5.91 Å². The van der Waals surface area contributed by atoms with Gasteiger partial charge < -0.3 is 15.7 Å². The summed E-state index contributed by atoms with van der Waals surface area (Å²) in [6.45, 7) is 7.48. The number of carbonyl (C=O) groups is 1. The fraction of sp³-hybridized carbons (Fsp3) is 0.500. The summed E-state index contributed by atoms with van der Waals surface area (Å²) in [5, 5.41) is 9.93. The zero-order valence-corrected chi connectivity index (χ0v) is 11.3. The number of hydrogen-bond acceptors (Lipinski definition) is 3. The van der Waals surface area contributed by atoms with Crippen molar-refractivity contribution in [2.75, 3.05) is 19.6 Å². The highest BCUT2D eigenvalue weighted by molar-refractivity contribution is 5.97. The molecule has 1 amide bonds. The van der Waals surface area contributed by atoms with Crippen LogP contribution in [0.25, 0.3) is 0 Å². The number of benzene rings is 1. The maximum absolute atomic E-state index is 12.3. The minimum absolute atomic E-state index is 0.0707. The average Bonchev–Trinajstić information content (AvgIpc) is 2.38. The molecule has 0 aromatic heterocycles. The molecule has 3 N–H and O–H groups in total. The van der Waals surface area contributed by atoms with Gasteiger partial charge in [0.05, 0.1) is 5.56 Å². The number of aryl methyl sites for hydroxylation is 1. The van der Waals surface area contributed by atoms with Crippen LogP contribution in [-0.4, -0.2) is 35.5 Å². The first-order valence-electron chi connectivity index (χ1n) is 6.29. The van der Waals surface area contributed by atoms with Crippen molar-refractivity contribution in [2.24, 2.45) is 11.7 Å². The van der Waals surface area contributed by atoms with Gasteiger partial charge in [0.15, 0.2) is 0 Å². The molecule has 1 rings (SSSR count). The van der Waals surface area contributed by atoms with E-state index in [4.69, 9.17) is 5.73 Å². The van der Waals surface area contributed by atoms with Crippen LogP contribution < -0.4 is 5.73 Å². The minimum atomic E-state index is -0.140. The van der Waals surface area contributed by atoms with E-state index in [1.54, 1.807) is 30.0 Å². The highest BCUT2D eigenvalue weighted by Gasteiger charge is 2.19. The van der Waals surface area contributed by atoms with Crippen molar-refractivity contribution in [1.29, 1.82) is 0 Å². The Morgan fingerprint density at radius 2 is 2.17 bits per heavy atom. The third-order valence-corrected chi connectivity index (χ3v) is 3.07. The molecule has 0 bridgehead atoms. The minimum Gasteiger partial charge on any atom is -0.507 e. The number of amides is 1. The lowest BCUT2D eigenvalue weighted by molar-refractivity contribution is 0.0740. The zero-order chi connectivity index (χ0) is 13.7. The lowest BCUT2D eigenvalue weighted by atomic mass is 10.1. The summed E-state index contributed by atoms with van der Waals surface area (Å²) in [6, 6.07) is 5.22. The first kappa shape index (κ1) is 14.5. The van der Waals surface area contributed by atoms with Gasteiger partial charge in [-0.3, -0.25) is 4.79 Å². The predicted molar refractivity (Wildman–Crippen MR) is 72.6 cm³/mol. The number of para-hydroxylation sites is 1. The van der Waals surface area contributed by atoms with E-state index in [1.807, 2.05) is 13.8 Å². The van der Waals surface area contributed by atoms with Crippen LogP contribution in [0.2, 0.25) is 0 Å². The van der Waals surface area contributed by atoms with Crippen LogP contribution in [0.4, 0.5) is 0 Å². The van der Waals surface area contributed by atoms with Crippen molar-refractivity contribution in [2.45, 2.75) is 20.8 Å². The van der Waals surface area contributed by atoms with Crippen molar-refractivity contribution in [3.63, 3.8) is 0 Å². The third kappa shape index (κ3) is 3.23. The Morgan fingerprint density at radius 3 is 2.72 bits per heavy atom. The summed E-state index contributed by atoms with van der Waals surface area (Å²) in [5.41, 5.74) is 6.65. The van der Waals surface area contributed by atoms with Crippen LogP contribution in [0.3, 0.4) is 0 Å². The SMILES string of the molecule is CCN(CC(C)CN)C(=O)c1cccc(C)c1O. The van der Waals surface area contributed by atoms with Crippen LogP contribution in [0.5, 0.6) is 5.75 Å². The second-order valence-electron chi connectivity index (χ2n) is 4.66. The first-order valence-corrected chi connectivity index (χ1v) is 6.29. The van der Waals surface area contributed by atoms with Crippen LogP contribution >= 0.6 is 0 Å². The van der Waals surface area contributed by atoms with E-state index in [1.165, 1.54) is 0 Å². The first-order chi connectivity index (χ1) is 8.51. The molecular weight excluding hydrogens is 228 g/mol. The van der Waals surface area contributed by atoms with Gasteiger partial charge in [0.2, 0.25) is 0 Å². The second kappa shape index (κ2) is 6.40. The van der Waals surface area contributed by atoms with Crippen LogP contribution in [0, 0.1) is 12.8 Å². The standard InChI is InChI=1S/C14H22N2O2/c1-4-16(9-10(2)8-15)14(18)12-7-5-6-11(3)13(12)17/h5-7,10,17H,4,8-9,15H2,1-3H3. The number of hydrogen-bond donors (Lipinski definition) is 2. The number of rotatable bonds is 5. The molecule has 0 aliphatic rings. The Labute approximate surface area is 108 Å². The summed E-state index contributed by atoms with van der Waals surface area (Å²) in [6.07, 6.45) is 0. The van der Waals surface area contributed by atoms with Gasteiger partial charge in [-0.1, -0.05) is 19.1 Å². The highest BCUT2D eigenvalue weighted by Crippen LogP contribution is 2.23. The lowest BCUT2D eigenvalue weighted by Crippen LogP contribution is -2.36. The highest BCUT2D eigenvalue weighted by atomic mass is 16.3. The van der Waals surface area contributed by atoms with Crippen LogP contribution in [0.15, 0.2) is 18.2 Å². The summed E-state index contributed by atoms with van der Waals surface area (Å²) in [5.74, 6) is 0.182. The molecule has 100 valence electrons. The zero-order valence-electron chi connectivity index (χ0n) is 11.3. The largest absolute Gasteiger partial charge is 0.507 e. The topological polar surface area (TPSA) is 66.6 Å². The second-order valence-corrected chi connectivity index (χ2v) is 4.66. The Morgan fingerprint density at radius 1 is 1.50 bits per heavy atom. The third-order valence-electron chi connectivity index (χ3n) is 3.07. The molecule has 0 spiro atoms. The smallest absolute Gasteiger partial charge is 0.257 e. The molecule has 0 saturated heterocycles. The van der Waals surface area contributed by atoms with Gasteiger partial charge >= 0.3 is 0 Å². The van der Waals surface area contributed by atoms with E-state index >= 15 is 0 Å². The fourth-order valence-corrected chi connectivity index (χ4v) is 1.81. The van der Waals surface area contributed by atoms with E-state index in [0.29, 0.717) is 30.8 Å². The molecule has 4 nitrogen and oxygen atoms in total. The van der Waals surface area contributed by atoms with Crippen molar-refractivity contribution < 1.29 is 9.90 Å². The van der Waals surface area contributed by atoms with Gasteiger partial charge in [0.1, 0.15) is 5.75 Å². The number of nitrogens with two attached hydrogens (primary N) is 1. The molecule has 1 unspecified atom stereocenters. The van der Waals surface area contributed by atoms with Gasteiger partial charge in [0, 0.05) is 13.1 Å². The van der Waals surface area contributed by atoms with E-state index in [-0.39, 0.29) is 17.6 Å². The molecule has 18 heavy (non-hydrogen) atoms. The number of phenolic OH excluding ortho intramolecular Hbond substituents is 1. The van der Waals surface area contributed by atoms with E-state index in [9.17, 15) is 9.90 Å². The monoisotopic (exact) mass is 250 g/mol. The molecular formula is C14H22N2O2. The Hall–Kier alpha value is -1.55. The fourth-order valence-electron chi connectivity index (χ4n) is 1.81. The van der Waals surface area contributed by atoms with E-state index in [2.05, 4.69) is 0 Å². The molecule has 0 aliphatic carbocycles. The predicted octanol–water partition coefficient (Wildman–Crippen LogP) is 1.76. The average molecular weight is 250 g/mol. The lowest BCUT2D eigenvalue weighted by Gasteiger charge is -2.24. The summed E-state index contributed by atoms with van der Waals surface area (Å²) in [7, 11) is 0. The number of aromatic hydroxyl groups is 1. The van der Waals surface area contributed by atoms with Crippen LogP contribution in [0.1, 0.15) is 29.8 Å². The van der Waals surface area contributed by atoms with Gasteiger partial charge in [-0.2, -0.15) is 0 Å². The summed E-state index contributed by atoms with van der Waals surface area (Å²) >= 11 is 0. The van der Waals surface area contributed by atoms with Crippen molar-refractivity contribution in [3.05, 3.63) is 29.3 Å². The number of carbonyl (C=O) groups excluding carboxylic acids is 1. The number of phenols is 1. The molecule has 0 heterocycles. The molecule has 0 fully saturated rings.